The molecule has 6 nitrogen and oxygen atoms in total. The second kappa shape index (κ2) is 12.8. The molecule has 3 amide bonds. The zero-order valence-corrected chi connectivity index (χ0v) is 17.8. The van der Waals surface area contributed by atoms with Crippen molar-refractivity contribution in [1.29, 1.82) is 0 Å². The topological polar surface area (TPSA) is 75.7 Å². The Balaban J connectivity index is 1.68. The molecule has 0 aromatic heterocycles. The number of carbonyl (C=O) groups excluding carboxylic acids is 3. The van der Waals surface area contributed by atoms with Crippen LogP contribution >= 0.6 is 0 Å². The number of unbranched alkanes of at least 4 members (excludes halogenated alkanes) is 3. The van der Waals surface area contributed by atoms with Crippen LogP contribution in [0.3, 0.4) is 0 Å². The van der Waals surface area contributed by atoms with Crippen LogP contribution in [0.4, 0.5) is 0 Å². The van der Waals surface area contributed by atoms with E-state index in [2.05, 4.69) is 18.8 Å². The highest BCUT2D eigenvalue weighted by Crippen LogP contribution is 2.13. The molecule has 1 heterocycles. The molecule has 0 bridgehead atoms. The molecule has 1 unspecified atom stereocenters. The van der Waals surface area contributed by atoms with Gasteiger partial charge in [-0.25, -0.2) is 0 Å². The van der Waals surface area contributed by atoms with Gasteiger partial charge >= 0.3 is 0 Å². The molecular formula is C24H32N2O4. The van der Waals surface area contributed by atoms with Gasteiger partial charge in [-0.2, -0.15) is 0 Å². The number of rotatable bonds is 14. The van der Waals surface area contributed by atoms with Gasteiger partial charge < -0.3 is 10.1 Å². The predicted octanol–water partition coefficient (Wildman–Crippen LogP) is 3.77. The van der Waals surface area contributed by atoms with E-state index in [1.165, 1.54) is 36.3 Å². The summed E-state index contributed by atoms with van der Waals surface area (Å²) in [6, 6.07) is 7.32. The predicted molar refractivity (Wildman–Crippen MR) is 117 cm³/mol. The zero-order valence-electron chi connectivity index (χ0n) is 17.8. The van der Waals surface area contributed by atoms with Crippen molar-refractivity contribution in [2.45, 2.75) is 58.2 Å². The average molecular weight is 413 g/mol. The Morgan fingerprint density at radius 1 is 1.10 bits per heavy atom. The summed E-state index contributed by atoms with van der Waals surface area (Å²) in [5.41, 5.74) is 1.57. The highest BCUT2D eigenvalue weighted by atomic mass is 16.5. The monoisotopic (exact) mass is 412 g/mol. The fourth-order valence-corrected chi connectivity index (χ4v) is 3.19. The Bertz CT molecular complexity index is 737. The summed E-state index contributed by atoms with van der Waals surface area (Å²) in [6.07, 6.45) is 10.7. The van der Waals surface area contributed by atoms with Crippen LogP contribution in [0.2, 0.25) is 0 Å². The molecule has 6 heteroatoms. The standard InChI is InChI=1S/C24H32N2O4/c1-3-5-6-7-9-21(4-2)30-18-19-10-12-20(13-11-19)24(29)25-16-8-17-26-22(27)14-15-23(26)28/h4,10-15,21H,2-3,5-9,16-18H2,1H3,(H,25,29). The minimum absolute atomic E-state index is 0.0504. The van der Waals surface area contributed by atoms with Crippen LogP contribution in [-0.2, 0) is 20.9 Å². The van der Waals surface area contributed by atoms with E-state index in [0.717, 1.165) is 18.4 Å². The molecule has 1 aliphatic rings. The third-order valence-electron chi connectivity index (χ3n) is 5.03. The lowest BCUT2D eigenvalue weighted by molar-refractivity contribution is -0.136. The maximum atomic E-state index is 12.2. The van der Waals surface area contributed by atoms with Crippen LogP contribution in [0.1, 0.15) is 61.4 Å². The van der Waals surface area contributed by atoms with Gasteiger partial charge in [0.15, 0.2) is 0 Å². The van der Waals surface area contributed by atoms with Crippen molar-refractivity contribution in [2.24, 2.45) is 0 Å². The Hall–Kier alpha value is -2.73. The highest BCUT2D eigenvalue weighted by Gasteiger charge is 2.22. The highest BCUT2D eigenvalue weighted by molar-refractivity contribution is 6.12. The quantitative estimate of drug-likeness (QED) is 0.287. The molecule has 2 rings (SSSR count). The van der Waals surface area contributed by atoms with E-state index in [-0.39, 0.29) is 23.8 Å². The van der Waals surface area contributed by atoms with Gasteiger partial charge in [0.1, 0.15) is 0 Å². The van der Waals surface area contributed by atoms with Crippen LogP contribution < -0.4 is 5.32 Å². The largest absolute Gasteiger partial charge is 0.369 e. The summed E-state index contributed by atoms with van der Waals surface area (Å²) < 4.78 is 5.92. The molecule has 1 atom stereocenters. The first-order chi connectivity index (χ1) is 14.5. The van der Waals surface area contributed by atoms with Crippen molar-refractivity contribution in [3.05, 3.63) is 60.2 Å². The first kappa shape index (κ1) is 23.5. The van der Waals surface area contributed by atoms with Crippen LogP contribution in [0.25, 0.3) is 0 Å². The van der Waals surface area contributed by atoms with E-state index in [1.54, 1.807) is 12.1 Å². The summed E-state index contributed by atoms with van der Waals surface area (Å²) in [5.74, 6) is -0.785. The Morgan fingerprint density at radius 3 is 2.43 bits per heavy atom. The van der Waals surface area contributed by atoms with Gasteiger partial charge in [0.05, 0.1) is 12.7 Å². The van der Waals surface area contributed by atoms with E-state index >= 15 is 0 Å². The third kappa shape index (κ3) is 7.59. The molecule has 1 aromatic carbocycles. The van der Waals surface area contributed by atoms with Gasteiger partial charge in [0, 0.05) is 30.8 Å². The summed E-state index contributed by atoms with van der Waals surface area (Å²) >= 11 is 0. The van der Waals surface area contributed by atoms with Crippen molar-refractivity contribution < 1.29 is 19.1 Å². The van der Waals surface area contributed by atoms with E-state index in [1.807, 2.05) is 18.2 Å². The lowest BCUT2D eigenvalue weighted by Gasteiger charge is -2.14. The molecule has 1 aliphatic heterocycles. The number of nitrogens with one attached hydrogen (secondary N) is 1. The Kier molecular flexibility index (Phi) is 10.0. The normalized spacial score (nSPS) is 14.2. The van der Waals surface area contributed by atoms with Gasteiger partial charge in [-0.15, -0.1) is 6.58 Å². The molecule has 0 aliphatic carbocycles. The molecule has 162 valence electrons. The first-order valence-corrected chi connectivity index (χ1v) is 10.7. The molecule has 0 spiro atoms. The summed E-state index contributed by atoms with van der Waals surface area (Å²) in [6.45, 7) is 7.22. The number of amides is 3. The molecular weight excluding hydrogens is 380 g/mol. The molecule has 0 fully saturated rings. The summed E-state index contributed by atoms with van der Waals surface area (Å²) in [4.78, 5) is 36.4. The van der Waals surface area contributed by atoms with Gasteiger partial charge in [-0.05, 0) is 30.5 Å². The van der Waals surface area contributed by atoms with Crippen molar-refractivity contribution in [1.82, 2.24) is 10.2 Å². The fourth-order valence-electron chi connectivity index (χ4n) is 3.19. The summed E-state index contributed by atoms with van der Waals surface area (Å²) in [7, 11) is 0. The smallest absolute Gasteiger partial charge is 0.253 e. The Morgan fingerprint density at radius 2 is 1.80 bits per heavy atom. The van der Waals surface area contributed by atoms with Crippen molar-refractivity contribution in [3.63, 3.8) is 0 Å². The number of benzene rings is 1. The lowest BCUT2D eigenvalue weighted by Crippen LogP contribution is -2.33. The molecule has 1 N–H and O–H groups in total. The number of nitrogens with zero attached hydrogens (tertiary/aromatic N) is 1. The zero-order chi connectivity index (χ0) is 21.8. The van der Waals surface area contributed by atoms with Crippen molar-refractivity contribution in [3.8, 4) is 0 Å². The molecule has 0 saturated heterocycles. The number of ether oxygens (including phenoxy) is 1. The molecule has 30 heavy (non-hydrogen) atoms. The minimum atomic E-state index is -0.302. The number of carbonyl (C=O) groups is 3. The lowest BCUT2D eigenvalue weighted by atomic mass is 10.1. The van der Waals surface area contributed by atoms with Gasteiger partial charge in [0.2, 0.25) is 0 Å². The van der Waals surface area contributed by atoms with Crippen LogP contribution in [0.15, 0.2) is 49.1 Å². The van der Waals surface area contributed by atoms with Crippen LogP contribution in [0.5, 0.6) is 0 Å². The number of hydrogen-bond acceptors (Lipinski definition) is 4. The second-order valence-corrected chi connectivity index (χ2v) is 7.40. The number of hydrogen-bond donors (Lipinski definition) is 1. The number of imide groups is 1. The van der Waals surface area contributed by atoms with Crippen molar-refractivity contribution >= 4 is 17.7 Å². The fraction of sp³-hybridized carbons (Fsp3) is 0.458. The maximum Gasteiger partial charge on any atom is 0.253 e. The van der Waals surface area contributed by atoms with E-state index in [9.17, 15) is 14.4 Å². The van der Waals surface area contributed by atoms with Crippen LogP contribution in [-0.4, -0.2) is 41.8 Å². The molecule has 1 aromatic rings. The average Bonchev–Trinajstić information content (AvgIpc) is 3.08. The summed E-state index contributed by atoms with van der Waals surface area (Å²) in [5, 5.41) is 2.81. The van der Waals surface area contributed by atoms with Crippen LogP contribution in [0, 0.1) is 0 Å². The van der Waals surface area contributed by atoms with E-state index < -0.39 is 0 Å². The van der Waals surface area contributed by atoms with E-state index in [0.29, 0.717) is 31.7 Å². The molecule has 0 radical (unpaired) electrons. The van der Waals surface area contributed by atoms with E-state index in [4.69, 9.17) is 4.74 Å². The Labute approximate surface area is 179 Å². The van der Waals surface area contributed by atoms with Gasteiger partial charge in [0.25, 0.3) is 17.7 Å². The molecule has 0 saturated carbocycles. The SMILES string of the molecule is C=CC(CCCCCC)OCc1ccc(C(=O)NCCCN2C(=O)C=CC2=O)cc1. The minimum Gasteiger partial charge on any atom is -0.369 e. The van der Waals surface area contributed by atoms with Gasteiger partial charge in [-0.3, -0.25) is 19.3 Å². The van der Waals surface area contributed by atoms with Crippen molar-refractivity contribution in [2.75, 3.05) is 13.1 Å². The first-order valence-electron chi connectivity index (χ1n) is 10.7. The third-order valence-corrected chi connectivity index (χ3v) is 5.03. The second-order valence-electron chi connectivity index (χ2n) is 7.40. The maximum absolute atomic E-state index is 12.2. The van der Waals surface area contributed by atoms with Gasteiger partial charge in [-0.1, -0.05) is 50.8 Å².